The van der Waals surface area contributed by atoms with Gasteiger partial charge in [0.15, 0.2) is 0 Å². The van der Waals surface area contributed by atoms with Gasteiger partial charge in [0.1, 0.15) is 11.6 Å². The van der Waals surface area contributed by atoms with Crippen LogP contribution in [0.4, 0.5) is 11.4 Å². The van der Waals surface area contributed by atoms with Crippen molar-refractivity contribution < 1.29 is 9.53 Å². The highest BCUT2D eigenvalue weighted by atomic mass is 16.5. The number of carbonyl (C=O) groups excluding carboxylic acids is 1. The summed E-state index contributed by atoms with van der Waals surface area (Å²) < 4.78 is 5.38. The zero-order valence-corrected chi connectivity index (χ0v) is 15.7. The topological polar surface area (TPSA) is 123 Å². The number of nitrogens with one attached hydrogen (secondary N) is 2. The van der Waals surface area contributed by atoms with Crippen molar-refractivity contribution >= 4 is 22.9 Å². The Bertz CT molecular complexity index is 953. The number of morpholine rings is 1. The number of amides is 1. The molecule has 0 unspecified atom stereocenters. The van der Waals surface area contributed by atoms with E-state index in [1.54, 1.807) is 4.90 Å². The van der Waals surface area contributed by atoms with Crippen LogP contribution in [0.15, 0.2) is 42.2 Å². The number of allylic oxidation sites excluding steroid dienone is 1. The SMILES string of the molecule is N#CC(=CNc1ccc(N2CCC=C(N3CCOCC3)C2=O)cc1)c1nn[nH]n1. The van der Waals surface area contributed by atoms with Crippen molar-refractivity contribution in [2.75, 3.05) is 43.1 Å². The lowest BCUT2D eigenvalue weighted by molar-refractivity contribution is -0.117. The number of benzene rings is 1. The minimum absolute atomic E-state index is 0.0163. The molecule has 4 rings (SSSR count). The fourth-order valence-electron chi connectivity index (χ4n) is 3.29. The van der Waals surface area contributed by atoms with E-state index in [1.165, 1.54) is 6.20 Å². The van der Waals surface area contributed by atoms with Gasteiger partial charge in [-0.15, -0.1) is 10.2 Å². The molecule has 2 aromatic rings. The van der Waals surface area contributed by atoms with E-state index in [9.17, 15) is 10.1 Å². The average Bonchev–Trinajstić information content (AvgIpc) is 3.30. The molecule has 0 bridgehead atoms. The summed E-state index contributed by atoms with van der Waals surface area (Å²) in [6, 6.07) is 9.51. The van der Waals surface area contributed by atoms with Gasteiger partial charge in [-0.25, -0.2) is 0 Å². The van der Waals surface area contributed by atoms with Crippen LogP contribution in [0.1, 0.15) is 12.2 Å². The zero-order chi connectivity index (χ0) is 20.1. The van der Waals surface area contributed by atoms with Gasteiger partial charge in [0, 0.05) is 37.2 Å². The van der Waals surface area contributed by atoms with Gasteiger partial charge in [0.2, 0.25) is 5.82 Å². The molecule has 10 heteroatoms. The number of H-pyrrole nitrogens is 1. The number of tetrazole rings is 1. The summed E-state index contributed by atoms with van der Waals surface area (Å²) >= 11 is 0. The Labute approximate surface area is 167 Å². The number of hydrogen-bond donors (Lipinski definition) is 2. The summed E-state index contributed by atoms with van der Waals surface area (Å²) in [5.74, 6) is 0.237. The third-order valence-electron chi connectivity index (χ3n) is 4.78. The Balaban J connectivity index is 1.44. The lowest BCUT2D eigenvalue weighted by Gasteiger charge is -2.35. The fourth-order valence-corrected chi connectivity index (χ4v) is 3.29. The normalized spacial score (nSPS) is 17.7. The smallest absolute Gasteiger partial charge is 0.274 e. The number of aromatic amines is 1. The molecule has 1 aromatic carbocycles. The third-order valence-corrected chi connectivity index (χ3v) is 4.78. The number of hydrogen-bond acceptors (Lipinski definition) is 8. The summed E-state index contributed by atoms with van der Waals surface area (Å²) in [5, 5.41) is 25.6. The van der Waals surface area contributed by atoms with E-state index in [4.69, 9.17) is 4.74 Å². The molecule has 10 nitrogen and oxygen atoms in total. The van der Waals surface area contributed by atoms with Crippen LogP contribution in [0.5, 0.6) is 0 Å². The van der Waals surface area contributed by atoms with E-state index in [-0.39, 0.29) is 17.3 Å². The van der Waals surface area contributed by atoms with Crippen molar-refractivity contribution in [2.24, 2.45) is 0 Å². The molecule has 1 aromatic heterocycles. The van der Waals surface area contributed by atoms with E-state index in [1.807, 2.05) is 36.4 Å². The molecule has 0 aliphatic carbocycles. The number of anilines is 2. The molecular weight excluding hydrogens is 372 g/mol. The largest absolute Gasteiger partial charge is 0.378 e. The predicted octanol–water partition coefficient (Wildman–Crippen LogP) is 1.13. The molecule has 2 N–H and O–H groups in total. The minimum Gasteiger partial charge on any atom is -0.378 e. The van der Waals surface area contributed by atoms with Crippen LogP contribution < -0.4 is 10.2 Å². The Hall–Kier alpha value is -3.71. The maximum atomic E-state index is 13.0. The van der Waals surface area contributed by atoms with Gasteiger partial charge in [-0.1, -0.05) is 6.08 Å². The summed E-state index contributed by atoms with van der Waals surface area (Å²) in [4.78, 5) is 16.9. The first kappa shape index (κ1) is 18.6. The highest BCUT2D eigenvalue weighted by Crippen LogP contribution is 2.25. The van der Waals surface area contributed by atoms with Gasteiger partial charge in [-0.05, 0) is 35.9 Å². The molecule has 2 aliphatic heterocycles. The van der Waals surface area contributed by atoms with Crippen LogP contribution in [0.3, 0.4) is 0 Å². The van der Waals surface area contributed by atoms with Gasteiger partial charge in [-0.2, -0.15) is 10.5 Å². The molecular formula is C19H20N8O2. The third kappa shape index (κ3) is 4.09. The van der Waals surface area contributed by atoms with E-state index in [0.29, 0.717) is 19.8 Å². The number of carbonyl (C=O) groups is 1. The Morgan fingerprint density at radius 1 is 1.24 bits per heavy atom. The van der Waals surface area contributed by atoms with E-state index >= 15 is 0 Å². The lowest BCUT2D eigenvalue weighted by atomic mass is 10.1. The highest BCUT2D eigenvalue weighted by Gasteiger charge is 2.28. The van der Waals surface area contributed by atoms with Crippen molar-refractivity contribution in [2.45, 2.75) is 6.42 Å². The number of aromatic nitrogens is 4. The average molecular weight is 392 g/mol. The second-order valence-corrected chi connectivity index (χ2v) is 6.53. The van der Waals surface area contributed by atoms with Gasteiger partial charge in [0.05, 0.1) is 18.9 Å². The molecule has 148 valence electrons. The second-order valence-electron chi connectivity index (χ2n) is 6.53. The molecule has 0 spiro atoms. The molecule has 0 saturated carbocycles. The summed E-state index contributed by atoms with van der Waals surface area (Å²) in [7, 11) is 0. The van der Waals surface area contributed by atoms with Crippen molar-refractivity contribution in [1.29, 1.82) is 5.26 Å². The maximum absolute atomic E-state index is 13.0. The van der Waals surface area contributed by atoms with Crippen molar-refractivity contribution in [1.82, 2.24) is 25.5 Å². The van der Waals surface area contributed by atoms with Crippen LogP contribution in [0.2, 0.25) is 0 Å². The Kier molecular flexibility index (Phi) is 5.49. The lowest BCUT2D eigenvalue weighted by Crippen LogP contribution is -2.45. The standard InChI is InChI=1S/C19H20N8O2/c20-12-14(18-22-24-25-23-18)13-21-15-3-5-16(6-4-15)27-7-1-2-17(19(27)28)26-8-10-29-11-9-26/h2-6,13,21H,1,7-11H2,(H,22,23,24,25). The Morgan fingerprint density at radius 2 is 2.03 bits per heavy atom. The van der Waals surface area contributed by atoms with E-state index < -0.39 is 0 Å². The van der Waals surface area contributed by atoms with E-state index in [2.05, 4.69) is 30.8 Å². The Morgan fingerprint density at radius 3 is 2.72 bits per heavy atom. The molecule has 1 fully saturated rings. The number of ether oxygens (including phenoxy) is 1. The first-order valence-corrected chi connectivity index (χ1v) is 9.31. The maximum Gasteiger partial charge on any atom is 0.274 e. The summed E-state index contributed by atoms with van der Waals surface area (Å²) in [6.45, 7) is 3.42. The molecule has 29 heavy (non-hydrogen) atoms. The van der Waals surface area contributed by atoms with Gasteiger partial charge < -0.3 is 19.9 Å². The molecule has 2 aliphatic rings. The summed E-state index contributed by atoms with van der Waals surface area (Å²) in [5.41, 5.74) is 2.62. The molecule has 3 heterocycles. The van der Waals surface area contributed by atoms with Gasteiger partial charge in [0.25, 0.3) is 5.91 Å². The second kappa shape index (κ2) is 8.53. The summed E-state index contributed by atoms with van der Waals surface area (Å²) in [6.07, 6.45) is 4.36. The number of nitriles is 1. The fraction of sp³-hybridized carbons (Fsp3) is 0.316. The van der Waals surface area contributed by atoms with Crippen LogP contribution in [0, 0.1) is 11.3 Å². The van der Waals surface area contributed by atoms with E-state index in [0.717, 1.165) is 36.6 Å². The van der Waals surface area contributed by atoms with Crippen molar-refractivity contribution in [3.8, 4) is 6.07 Å². The number of nitrogens with zero attached hydrogens (tertiary/aromatic N) is 6. The quantitative estimate of drug-likeness (QED) is 0.726. The molecule has 0 atom stereocenters. The van der Waals surface area contributed by atoms with Crippen LogP contribution in [0.25, 0.3) is 5.57 Å². The number of rotatable bonds is 5. The minimum atomic E-state index is 0.0163. The zero-order valence-electron chi connectivity index (χ0n) is 15.7. The van der Waals surface area contributed by atoms with Crippen molar-refractivity contribution in [3.05, 3.63) is 48.1 Å². The van der Waals surface area contributed by atoms with Gasteiger partial charge in [-0.3, -0.25) is 4.79 Å². The van der Waals surface area contributed by atoms with Gasteiger partial charge >= 0.3 is 0 Å². The van der Waals surface area contributed by atoms with Crippen LogP contribution in [-0.4, -0.2) is 64.3 Å². The predicted molar refractivity (Wildman–Crippen MR) is 105 cm³/mol. The van der Waals surface area contributed by atoms with Crippen molar-refractivity contribution in [3.63, 3.8) is 0 Å². The highest BCUT2D eigenvalue weighted by molar-refractivity contribution is 6.06. The van der Waals surface area contributed by atoms with Crippen LogP contribution in [-0.2, 0) is 9.53 Å². The van der Waals surface area contributed by atoms with Crippen LogP contribution >= 0.6 is 0 Å². The molecule has 1 amide bonds. The first-order chi connectivity index (χ1) is 14.3. The first-order valence-electron chi connectivity index (χ1n) is 9.31. The molecule has 1 saturated heterocycles. The monoisotopic (exact) mass is 392 g/mol. The molecule has 0 radical (unpaired) electrons.